The van der Waals surface area contributed by atoms with E-state index in [2.05, 4.69) is 4.99 Å². The van der Waals surface area contributed by atoms with Gasteiger partial charge in [0.1, 0.15) is 6.04 Å². The van der Waals surface area contributed by atoms with E-state index in [-0.39, 0.29) is 0 Å². The van der Waals surface area contributed by atoms with Crippen molar-refractivity contribution in [3.63, 3.8) is 0 Å². The molecule has 0 aliphatic heterocycles. The highest BCUT2D eigenvalue weighted by atomic mass is 16.4. The van der Waals surface area contributed by atoms with E-state index in [1.807, 2.05) is 0 Å². The Labute approximate surface area is 83.5 Å². The van der Waals surface area contributed by atoms with Crippen molar-refractivity contribution in [2.45, 2.75) is 25.8 Å². The van der Waals surface area contributed by atoms with Crippen molar-refractivity contribution in [2.24, 2.45) is 16.5 Å². The number of carboxylic acids is 1. The number of aliphatic carboxylic acids is 1. The highest BCUT2D eigenvalue weighted by molar-refractivity contribution is 5.77. The summed E-state index contributed by atoms with van der Waals surface area (Å²) in [4.78, 5) is 14.3. The van der Waals surface area contributed by atoms with Crippen LogP contribution in [0, 0.1) is 0 Å². The molecule has 0 amide bonds. The van der Waals surface area contributed by atoms with Crippen LogP contribution in [-0.2, 0) is 4.79 Å². The largest absolute Gasteiger partial charge is 0.480 e. The van der Waals surface area contributed by atoms with Gasteiger partial charge in [-0.2, -0.15) is 0 Å². The molecule has 0 saturated carbocycles. The lowest BCUT2D eigenvalue weighted by atomic mass is 10.2. The third-order valence-corrected chi connectivity index (χ3v) is 1.52. The van der Waals surface area contributed by atoms with Crippen LogP contribution in [0.15, 0.2) is 17.1 Å². The van der Waals surface area contributed by atoms with Gasteiger partial charge in [-0.3, -0.25) is 9.79 Å². The highest BCUT2D eigenvalue weighted by Crippen LogP contribution is 1.93. The van der Waals surface area contributed by atoms with Crippen LogP contribution in [0.25, 0.3) is 0 Å². The maximum Gasteiger partial charge on any atom is 0.324 e. The summed E-state index contributed by atoms with van der Waals surface area (Å²) in [6, 6.07) is -0.908. The summed E-state index contributed by atoms with van der Waals surface area (Å²) < 4.78 is 0. The maximum atomic E-state index is 10.3. The Balaban J connectivity index is 3.54. The van der Waals surface area contributed by atoms with Crippen LogP contribution in [0.5, 0.6) is 0 Å². The fourth-order valence-corrected chi connectivity index (χ4v) is 0.790. The quantitative estimate of drug-likeness (QED) is 0.244. The Morgan fingerprint density at radius 3 is 2.79 bits per heavy atom. The number of rotatable bonds is 6. The number of unbranched alkanes of at least 4 members (excludes halogenated alkanes) is 1. The van der Waals surface area contributed by atoms with Crippen molar-refractivity contribution in [1.29, 1.82) is 0 Å². The number of carboxylic acid groups (broad SMARTS) is 1. The van der Waals surface area contributed by atoms with Gasteiger partial charge in [0.15, 0.2) is 0 Å². The molecule has 14 heavy (non-hydrogen) atoms. The molecule has 80 valence electrons. The second kappa shape index (κ2) is 7.08. The normalized spacial score (nSPS) is 14.6. The molecule has 0 aromatic rings. The molecule has 1 atom stereocenters. The summed E-state index contributed by atoms with van der Waals surface area (Å²) in [5.41, 5.74) is 10.6. The van der Waals surface area contributed by atoms with Crippen molar-refractivity contribution in [3.05, 3.63) is 12.2 Å². The van der Waals surface area contributed by atoms with Crippen molar-refractivity contribution in [3.8, 4) is 0 Å². The van der Waals surface area contributed by atoms with E-state index in [0.29, 0.717) is 12.4 Å². The zero-order valence-electron chi connectivity index (χ0n) is 8.31. The van der Waals surface area contributed by atoms with Gasteiger partial charge in [-0.05, 0) is 19.8 Å². The molecular weight excluding hydrogens is 182 g/mol. The van der Waals surface area contributed by atoms with Crippen molar-refractivity contribution < 1.29 is 9.90 Å². The van der Waals surface area contributed by atoms with Crippen LogP contribution in [0.1, 0.15) is 19.8 Å². The molecule has 0 saturated heterocycles. The van der Waals surface area contributed by atoms with Gasteiger partial charge in [-0.15, -0.1) is 0 Å². The predicted octanol–water partition coefficient (Wildman–Crippen LogP) is 0.112. The van der Waals surface area contributed by atoms with E-state index >= 15 is 0 Å². The Morgan fingerprint density at radius 2 is 2.29 bits per heavy atom. The maximum absolute atomic E-state index is 10.3. The van der Waals surface area contributed by atoms with Crippen molar-refractivity contribution in [2.75, 3.05) is 6.54 Å². The average Bonchev–Trinajstić information content (AvgIpc) is 2.09. The van der Waals surface area contributed by atoms with E-state index < -0.39 is 12.0 Å². The first-order valence-corrected chi connectivity index (χ1v) is 4.45. The minimum absolute atomic E-state index is 0.566. The molecule has 0 aliphatic rings. The molecule has 0 fully saturated rings. The van der Waals surface area contributed by atoms with Gasteiger partial charge in [0.2, 0.25) is 0 Å². The zero-order chi connectivity index (χ0) is 11.0. The predicted molar refractivity (Wildman–Crippen MR) is 56.1 cm³/mol. The lowest BCUT2D eigenvalue weighted by Crippen LogP contribution is -2.27. The fourth-order valence-electron chi connectivity index (χ4n) is 0.790. The Bertz CT molecular complexity index is 232. The number of aliphatic imine (C=N–C) groups is 1. The standard InChI is InChI=1S/C9H17N3O2/c1-7(10)12-6-4-2-3-5-8(11)9(13)14/h3,5,8H,2,4,6,11H2,1H3,(H2,10,12)(H,13,14)/b5-3+. The van der Waals surface area contributed by atoms with Crippen LogP contribution < -0.4 is 11.5 Å². The van der Waals surface area contributed by atoms with Crippen LogP contribution in [0.2, 0.25) is 0 Å². The first-order valence-electron chi connectivity index (χ1n) is 4.45. The second-order valence-electron chi connectivity index (χ2n) is 2.96. The minimum atomic E-state index is -1.02. The van der Waals surface area contributed by atoms with Gasteiger partial charge in [0.05, 0.1) is 5.84 Å². The molecule has 0 rings (SSSR count). The molecule has 0 aromatic carbocycles. The second-order valence-corrected chi connectivity index (χ2v) is 2.96. The molecule has 0 heterocycles. The zero-order valence-corrected chi connectivity index (χ0v) is 8.31. The van der Waals surface area contributed by atoms with E-state index in [1.54, 1.807) is 13.0 Å². The number of hydrogen-bond donors (Lipinski definition) is 3. The van der Waals surface area contributed by atoms with Crippen LogP contribution in [-0.4, -0.2) is 29.5 Å². The minimum Gasteiger partial charge on any atom is -0.480 e. The van der Waals surface area contributed by atoms with E-state index in [9.17, 15) is 4.79 Å². The van der Waals surface area contributed by atoms with Gasteiger partial charge in [-0.25, -0.2) is 0 Å². The molecule has 5 N–H and O–H groups in total. The molecule has 5 nitrogen and oxygen atoms in total. The molecule has 1 unspecified atom stereocenters. The van der Waals surface area contributed by atoms with Gasteiger partial charge >= 0.3 is 5.97 Å². The summed E-state index contributed by atoms with van der Waals surface area (Å²) in [5, 5.41) is 8.44. The first kappa shape index (κ1) is 12.6. The number of nitrogens with zero attached hydrogens (tertiary/aromatic N) is 1. The number of hydrogen-bond acceptors (Lipinski definition) is 3. The molecule has 0 aliphatic carbocycles. The lowest BCUT2D eigenvalue weighted by Gasteiger charge is -1.97. The topological polar surface area (TPSA) is 102 Å². The third kappa shape index (κ3) is 7.30. The number of nitrogens with two attached hydrogens (primary N) is 2. The fraction of sp³-hybridized carbons (Fsp3) is 0.556. The molecule has 0 bridgehead atoms. The van der Waals surface area contributed by atoms with Crippen LogP contribution >= 0.6 is 0 Å². The molecule has 0 spiro atoms. The smallest absolute Gasteiger partial charge is 0.324 e. The van der Waals surface area contributed by atoms with Crippen LogP contribution in [0.4, 0.5) is 0 Å². The summed E-state index contributed by atoms with van der Waals surface area (Å²) in [6.45, 7) is 2.39. The number of allylic oxidation sites excluding steroid dienone is 1. The molecule has 0 aromatic heterocycles. The van der Waals surface area contributed by atoms with Gasteiger partial charge in [-0.1, -0.05) is 12.2 Å². The van der Waals surface area contributed by atoms with Gasteiger partial charge < -0.3 is 16.6 Å². The number of amidine groups is 1. The Kier molecular flexibility index (Phi) is 6.39. The van der Waals surface area contributed by atoms with Crippen molar-refractivity contribution >= 4 is 11.8 Å². The summed E-state index contributed by atoms with van der Waals surface area (Å²) >= 11 is 0. The van der Waals surface area contributed by atoms with Crippen molar-refractivity contribution in [1.82, 2.24) is 0 Å². The SMILES string of the molecule is CC(N)=NCCC/C=C/C(N)C(=O)O. The van der Waals surface area contributed by atoms with E-state index in [1.165, 1.54) is 6.08 Å². The molecular formula is C9H17N3O2. The van der Waals surface area contributed by atoms with E-state index in [4.69, 9.17) is 16.6 Å². The summed E-state index contributed by atoms with van der Waals surface area (Å²) in [7, 11) is 0. The van der Waals surface area contributed by atoms with Gasteiger partial charge in [0.25, 0.3) is 0 Å². The summed E-state index contributed by atoms with van der Waals surface area (Å²) in [5.74, 6) is -0.451. The summed E-state index contributed by atoms with van der Waals surface area (Å²) in [6.07, 6.45) is 4.83. The van der Waals surface area contributed by atoms with Crippen LogP contribution in [0.3, 0.4) is 0 Å². The Morgan fingerprint density at radius 1 is 1.64 bits per heavy atom. The first-order chi connectivity index (χ1) is 6.54. The third-order valence-electron chi connectivity index (χ3n) is 1.52. The van der Waals surface area contributed by atoms with E-state index in [0.717, 1.165) is 12.8 Å². The lowest BCUT2D eigenvalue weighted by molar-refractivity contribution is -0.137. The average molecular weight is 199 g/mol. The monoisotopic (exact) mass is 199 g/mol. The van der Waals surface area contributed by atoms with Gasteiger partial charge in [0, 0.05) is 6.54 Å². The highest BCUT2D eigenvalue weighted by Gasteiger charge is 2.04. The molecule has 5 heteroatoms. The molecule has 0 radical (unpaired) electrons. The Hall–Kier alpha value is -1.36. The number of carbonyl (C=O) groups is 1.